The highest BCUT2D eigenvalue weighted by Crippen LogP contribution is 2.23. The van der Waals surface area contributed by atoms with Crippen molar-refractivity contribution >= 4 is 11.9 Å². The van der Waals surface area contributed by atoms with Gasteiger partial charge in [0.05, 0.1) is 12.2 Å². The lowest BCUT2D eigenvalue weighted by Crippen LogP contribution is -2.52. The summed E-state index contributed by atoms with van der Waals surface area (Å²) in [5.41, 5.74) is 1.49. The molecule has 1 aliphatic carbocycles. The number of nitrogens with zero attached hydrogens (tertiary/aromatic N) is 2. The minimum atomic E-state index is 0.0194. The van der Waals surface area contributed by atoms with Crippen LogP contribution in [0.4, 0.5) is 4.79 Å². The predicted octanol–water partition coefficient (Wildman–Crippen LogP) is 2.93. The minimum absolute atomic E-state index is 0.0194. The molecule has 0 aromatic rings. The molecule has 27 heavy (non-hydrogen) atoms. The molecule has 0 saturated carbocycles. The van der Waals surface area contributed by atoms with E-state index in [1.54, 1.807) is 0 Å². The van der Waals surface area contributed by atoms with Gasteiger partial charge in [-0.15, -0.1) is 0 Å². The molecule has 6 nitrogen and oxygen atoms in total. The monoisotopic (exact) mass is 377 g/mol. The third-order valence-corrected chi connectivity index (χ3v) is 5.97. The Morgan fingerprint density at radius 3 is 2.44 bits per heavy atom. The van der Waals surface area contributed by atoms with E-state index in [0.29, 0.717) is 32.7 Å². The lowest BCUT2D eigenvalue weighted by atomic mass is 9.95. The number of carbonyl (C=O) groups excluding carboxylic acids is 2. The van der Waals surface area contributed by atoms with E-state index in [-0.39, 0.29) is 30.1 Å². The number of hydrogen-bond acceptors (Lipinski definition) is 3. The van der Waals surface area contributed by atoms with E-state index in [9.17, 15) is 9.59 Å². The summed E-state index contributed by atoms with van der Waals surface area (Å²) in [6.45, 7) is 7.45. The molecule has 0 radical (unpaired) electrons. The number of allylic oxidation sites excluding steroid dienone is 1. The van der Waals surface area contributed by atoms with Crippen LogP contribution < -0.4 is 5.32 Å². The van der Waals surface area contributed by atoms with Gasteiger partial charge in [0.25, 0.3) is 0 Å². The van der Waals surface area contributed by atoms with Gasteiger partial charge in [0.1, 0.15) is 0 Å². The Morgan fingerprint density at radius 1 is 1.11 bits per heavy atom. The Hall–Kier alpha value is -1.56. The fraction of sp³-hybridized carbons (Fsp3) is 0.810. The molecule has 152 valence electrons. The lowest BCUT2D eigenvalue weighted by molar-refractivity contribution is -0.148. The van der Waals surface area contributed by atoms with Crippen molar-refractivity contribution in [1.29, 1.82) is 0 Å². The van der Waals surface area contributed by atoms with Crippen LogP contribution in [0.25, 0.3) is 0 Å². The Morgan fingerprint density at radius 2 is 1.81 bits per heavy atom. The fourth-order valence-electron chi connectivity index (χ4n) is 4.52. The van der Waals surface area contributed by atoms with Gasteiger partial charge in [0.15, 0.2) is 0 Å². The van der Waals surface area contributed by atoms with Crippen molar-refractivity contribution < 1.29 is 14.3 Å². The van der Waals surface area contributed by atoms with E-state index >= 15 is 0 Å². The van der Waals surface area contributed by atoms with Crippen LogP contribution in [0, 0.1) is 5.92 Å². The molecule has 3 amide bonds. The lowest BCUT2D eigenvalue weighted by Gasteiger charge is -2.39. The molecule has 2 atom stereocenters. The van der Waals surface area contributed by atoms with Crippen LogP contribution in [0.5, 0.6) is 0 Å². The molecule has 2 fully saturated rings. The van der Waals surface area contributed by atoms with E-state index < -0.39 is 0 Å². The van der Waals surface area contributed by atoms with Gasteiger partial charge in [-0.05, 0) is 58.8 Å². The second kappa shape index (κ2) is 9.58. The highest BCUT2D eigenvalue weighted by molar-refractivity contribution is 5.80. The number of morpholine rings is 1. The van der Waals surface area contributed by atoms with Gasteiger partial charge in [-0.2, -0.15) is 0 Å². The SMILES string of the molecule is CC1CN(C(=O)C2CCN(C(=O)NCCC3=CCCCC3)CC2)CC(C)O1. The van der Waals surface area contributed by atoms with Gasteiger partial charge < -0.3 is 19.9 Å². The smallest absolute Gasteiger partial charge is 0.317 e. The van der Waals surface area contributed by atoms with Crippen LogP contribution in [0.3, 0.4) is 0 Å². The van der Waals surface area contributed by atoms with Crippen molar-refractivity contribution in [2.24, 2.45) is 5.92 Å². The molecule has 2 unspecified atom stereocenters. The zero-order chi connectivity index (χ0) is 19.2. The summed E-state index contributed by atoms with van der Waals surface area (Å²) < 4.78 is 5.72. The second-order valence-electron chi connectivity index (χ2n) is 8.35. The zero-order valence-electron chi connectivity index (χ0n) is 16.9. The third kappa shape index (κ3) is 5.71. The topological polar surface area (TPSA) is 61.9 Å². The molecule has 1 N–H and O–H groups in total. The van der Waals surface area contributed by atoms with E-state index in [4.69, 9.17) is 4.74 Å². The first kappa shape index (κ1) is 20.2. The highest BCUT2D eigenvalue weighted by atomic mass is 16.5. The summed E-state index contributed by atoms with van der Waals surface area (Å²) in [7, 11) is 0. The van der Waals surface area contributed by atoms with Crippen LogP contribution in [0.15, 0.2) is 11.6 Å². The summed E-state index contributed by atoms with van der Waals surface area (Å²) >= 11 is 0. The number of amides is 3. The number of carbonyl (C=O) groups is 2. The molecule has 2 saturated heterocycles. The van der Waals surface area contributed by atoms with Gasteiger partial charge in [-0.25, -0.2) is 4.79 Å². The first-order chi connectivity index (χ1) is 13.0. The number of nitrogens with one attached hydrogen (secondary N) is 1. The van der Waals surface area contributed by atoms with Crippen LogP contribution in [0.2, 0.25) is 0 Å². The van der Waals surface area contributed by atoms with Crippen LogP contribution in [-0.2, 0) is 9.53 Å². The quantitative estimate of drug-likeness (QED) is 0.766. The van der Waals surface area contributed by atoms with E-state index in [1.807, 2.05) is 23.6 Å². The van der Waals surface area contributed by atoms with Crippen LogP contribution >= 0.6 is 0 Å². The van der Waals surface area contributed by atoms with Crippen molar-refractivity contribution in [2.45, 2.75) is 71.0 Å². The van der Waals surface area contributed by atoms with E-state index in [0.717, 1.165) is 19.3 Å². The predicted molar refractivity (Wildman–Crippen MR) is 105 cm³/mol. The Labute approximate surface area is 163 Å². The van der Waals surface area contributed by atoms with Crippen molar-refractivity contribution in [2.75, 3.05) is 32.7 Å². The third-order valence-electron chi connectivity index (χ3n) is 5.97. The number of rotatable bonds is 4. The number of hydrogen-bond donors (Lipinski definition) is 1. The molecular formula is C21H35N3O3. The molecule has 3 aliphatic rings. The average Bonchev–Trinajstić information content (AvgIpc) is 2.67. The Bertz CT molecular complexity index is 545. The molecular weight excluding hydrogens is 342 g/mol. The maximum Gasteiger partial charge on any atom is 0.317 e. The second-order valence-corrected chi connectivity index (χ2v) is 8.35. The average molecular weight is 378 g/mol. The molecule has 3 rings (SSSR count). The molecule has 0 aromatic carbocycles. The molecule has 0 aromatic heterocycles. The summed E-state index contributed by atoms with van der Waals surface area (Å²) in [5, 5.41) is 3.05. The number of urea groups is 1. The fourth-order valence-corrected chi connectivity index (χ4v) is 4.52. The number of piperidine rings is 1. The van der Waals surface area contributed by atoms with Crippen LogP contribution in [0.1, 0.15) is 58.8 Å². The normalized spacial score (nSPS) is 27.3. The van der Waals surface area contributed by atoms with Gasteiger partial charge in [-0.1, -0.05) is 11.6 Å². The van der Waals surface area contributed by atoms with Crippen molar-refractivity contribution in [3.8, 4) is 0 Å². The first-order valence-electron chi connectivity index (χ1n) is 10.7. The Kier molecular flexibility index (Phi) is 7.16. The molecule has 6 heteroatoms. The maximum absolute atomic E-state index is 12.8. The van der Waals surface area contributed by atoms with Crippen molar-refractivity contribution in [3.05, 3.63) is 11.6 Å². The van der Waals surface area contributed by atoms with Gasteiger partial charge in [-0.3, -0.25) is 4.79 Å². The number of likely N-dealkylation sites (tertiary alicyclic amines) is 1. The summed E-state index contributed by atoms with van der Waals surface area (Å²) in [6, 6.07) is 0.0194. The maximum atomic E-state index is 12.8. The number of ether oxygens (including phenoxy) is 1. The standard InChI is InChI=1S/C21H35N3O3/c1-16-14-24(15-17(2)27-16)20(25)19-9-12-23(13-10-19)21(26)22-11-8-18-6-4-3-5-7-18/h6,16-17,19H,3-5,7-15H2,1-2H3,(H,22,26). The summed E-state index contributed by atoms with van der Waals surface area (Å²) in [6.07, 6.45) is 9.97. The van der Waals surface area contributed by atoms with Gasteiger partial charge in [0.2, 0.25) is 5.91 Å². The van der Waals surface area contributed by atoms with Crippen molar-refractivity contribution in [1.82, 2.24) is 15.1 Å². The summed E-state index contributed by atoms with van der Waals surface area (Å²) in [4.78, 5) is 29.0. The van der Waals surface area contributed by atoms with Gasteiger partial charge in [0, 0.05) is 38.6 Å². The van der Waals surface area contributed by atoms with Crippen LogP contribution in [-0.4, -0.2) is 66.7 Å². The first-order valence-corrected chi connectivity index (χ1v) is 10.7. The van der Waals surface area contributed by atoms with Crippen molar-refractivity contribution in [3.63, 3.8) is 0 Å². The Balaban J connectivity index is 1.38. The summed E-state index contributed by atoms with van der Waals surface area (Å²) in [5.74, 6) is 0.278. The molecule has 2 heterocycles. The van der Waals surface area contributed by atoms with E-state index in [1.165, 1.54) is 31.3 Å². The largest absolute Gasteiger partial charge is 0.372 e. The molecule has 0 bridgehead atoms. The molecule has 2 aliphatic heterocycles. The minimum Gasteiger partial charge on any atom is -0.372 e. The highest BCUT2D eigenvalue weighted by Gasteiger charge is 2.33. The molecule has 0 spiro atoms. The van der Waals surface area contributed by atoms with Gasteiger partial charge >= 0.3 is 6.03 Å². The van der Waals surface area contributed by atoms with E-state index in [2.05, 4.69) is 11.4 Å². The zero-order valence-corrected chi connectivity index (χ0v) is 16.9.